The Labute approximate surface area is 94.0 Å². The lowest BCUT2D eigenvalue weighted by atomic mass is 9.98. The summed E-state index contributed by atoms with van der Waals surface area (Å²) in [6.07, 6.45) is 5.15. The molecule has 0 aliphatic rings. The standard InChI is InChI=1S/C15H22/c1-5-6-7-8-14-9-10-15(12(2)3)13(4)11-14/h9-11H,2,5-8H2,1,3-4H3. The Kier molecular flexibility index (Phi) is 4.61. The zero-order valence-corrected chi connectivity index (χ0v) is 10.3. The van der Waals surface area contributed by atoms with Crippen LogP contribution in [0.2, 0.25) is 0 Å². The van der Waals surface area contributed by atoms with Crippen molar-refractivity contribution in [3.8, 4) is 0 Å². The van der Waals surface area contributed by atoms with Crippen molar-refractivity contribution in [1.29, 1.82) is 0 Å². The summed E-state index contributed by atoms with van der Waals surface area (Å²) in [7, 11) is 0. The molecule has 0 heteroatoms. The number of hydrogen-bond acceptors (Lipinski definition) is 0. The molecular weight excluding hydrogens is 180 g/mol. The van der Waals surface area contributed by atoms with E-state index in [1.807, 2.05) is 0 Å². The smallest absolute Gasteiger partial charge is 0.0204 e. The summed E-state index contributed by atoms with van der Waals surface area (Å²) in [5, 5.41) is 0. The van der Waals surface area contributed by atoms with Crippen LogP contribution in [0.25, 0.3) is 5.57 Å². The lowest BCUT2D eigenvalue weighted by Gasteiger charge is -2.08. The van der Waals surface area contributed by atoms with E-state index in [4.69, 9.17) is 0 Å². The predicted molar refractivity (Wildman–Crippen MR) is 69.1 cm³/mol. The average Bonchev–Trinajstić information content (AvgIpc) is 2.17. The maximum Gasteiger partial charge on any atom is -0.0204 e. The molecule has 0 fully saturated rings. The van der Waals surface area contributed by atoms with Crippen LogP contribution in [0, 0.1) is 6.92 Å². The fourth-order valence-corrected chi connectivity index (χ4v) is 1.94. The molecule has 0 N–H and O–H groups in total. The highest BCUT2D eigenvalue weighted by molar-refractivity contribution is 5.64. The van der Waals surface area contributed by atoms with Crippen molar-refractivity contribution in [2.75, 3.05) is 0 Å². The minimum atomic E-state index is 1.16. The van der Waals surface area contributed by atoms with Crippen LogP contribution >= 0.6 is 0 Å². The summed E-state index contributed by atoms with van der Waals surface area (Å²) in [5.74, 6) is 0. The second kappa shape index (κ2) is 5.75. The van der Waals surface area contributed by atoms with Gasteiger partial charge in [-0.3, -0.25) is 0 Å². The molecule has 0 aliphatic carbocycles. The molecule has 0 amide bonds. The molecule has 1 aromatic rings. The van der Waals surface area contributed by atoms with Crippen LogP contribution in [0.3, 0.4) is 0 Å². The van der Waals surface area contributed by atoms with Gasteiger partial charge in [0.2, 0.25) is 0 Å². The number of aryl methyl sites for hydroxylation is 2. The topological polar surface area (TPSA) is 0 Å². The van der Waals surface area contributed by atoms with E-state index in [9.17, 15) is 0 Å². The number of hydrogen-bond donors (Lipinski definition) is 0. The Hall–Kier alpha value is -1.04. The van der Waals surface area contributed by atoms with Crippen molar-refractivity contribution in [3.05, 3.63) is 41.5 Å². The molecule has 0 aromatic heterocycles. The van der Waals surface area contributed by atoms with Gasteiger partial charge in [-0.1, -0.05) is 50.1 Å². The molecule has 0 aliphatic heterocycles. The SMILES string of the molecule is C=C(C)c1ccc(CCCCC)cc1C. The van der Waals surface area contributed by atoms with E-state index in [0.717, 1.165) is 5.57 Å². The molecule has 15 heavy (non-hydrogen) atoms. The van der Waals surface area contributed by atoms with Gasteiger partial charge in [0, 0.05) is 0 Å². The van der Waals surface area contributed by atoms with E-state index in [0.29, 0.717) is 0 Å². The van der Waals surface area contributed by atoms with Crippen molar-refractivity contribution in [2.45, 2.75) is 46.5 Å². The minimum Gasteiger partial charge on any atom is -0.0955 e. The highest BCUT2D eigenvalue weighted by Gasteiger charge is 2.00. The first-order valence-electron chi connectivity index (χ1n) is 5.90. The Morgan fingerprint density at radius 3 is 2.53 bits per heavy atom. The first kappa shape index (κ1) is 12.0. The lowest BCUT2D eigenvalue weighted by Crippen LogP contribution is -1.90. The van der Waals surface area contributed by atoms with E-state index < -0.39 is 0 Å². The molecule has 0 bridgehead atoms. The largest absolute Gasteiger partial charge is 0.0955 e. The number of unbranched alkanes of at least 4 members (excludes halogenated alkanes) is 2. The number of rotatable bonds is 5. The molecule has 1 aromatic carbocycles. The van der Waals surface area contributed by atoms with Crippen molar-refractivity contribution >= 4 is 5.57 Å². The van der Waals surface area contributed by atoms with Crippen LogP contribution in [0.5, 0.6) is 0 Å². The Balaban J connectivity index is 2.69. The van der Waals surface area contributed by atoms with Crippen LogP contribution in [0.15, 0.2) is 24.8 Å². The highest BCUT2D eigenvalue weighted by Crippen LogP contribution is 2.19. The van der Waals surface area contributed by atoms with Gasteiger partial charge in [0.05, 0.1) is 0 Å². The van der Waals surface area contributed by atoms with E-state index >= 15 is 0 Å². The van der Waals surface area contributed by atoms with E-state index in [1.165, 1.54) is 42.4 Å². The zero-order chi connectivity index (χ0) is 11.3. The predicted octanol–water partition coefficient (Wildman–Crippen LogP) is 4.76. The summed E-state index contributed by atoms with van der Waals surface area (Å²) < 4.78 is 0. The van der Waals surface area contributed by atoms with Gasteiger partial charge in [-0.2, -0.15) is 0 Å². The van der Waals surface area contributed by atoms with Gasteiger partial charge in [-0.25, -0.2) is 0 Å². The summed E-state index contributed by atoms with van der Waals surface area (Å²) in [4.78, 5) is 0. The van der Waals surface area contributed by atoms with Crippen molar-refractivity contribution in [1.82, 2.24) is 0 Å². The molecule has 0 atom stereocenters. The van der Waals surface area contributed by atoms with Crippen LogP contribution in [0.4, 0.5) is 0 Å². The third kappa shape index (κ3) is 3.54. The van der Waals surface area contributed by atoms with Crippen LogP contribution in [-0.4, -0.2) is 0 Å². The molecule has 0 spiro atoms. The maximum atomic E-state index is 3.99. The molecule has 0 unspecified atom stereocenters. The van der Waals surface area contributed by atoms with Crippen LogP contribution in [-0.2, 0) is 6.42 Å². The van der Waals surface area contributed by atoms with E-state index in [2.05, 4.69) is 45.5 Å². The van der Waals surface area contributed by atoms with Crippen molar-refractivity contribution in [2.24, 2.45) is 0 Å². The van der Waals surface area contributed by atoms with E-state index in [1.54, 1.807) is 0 Å². The molecule has 82 valence electrons. The second-order valence-corrected chi connectivity index (χ2v) is 4.39. The van der Waals surface area contributed by atoms with Crippen LogP contribution in [0.1, 0.15) is 49.8 Å². The summed E-state index contributed by atoms with van der Waals surface area (Å²) in [6, 6.07) is 6.76. The summed E-state index contributed by atoms with van der Waals surface area (Å²) >= 11 is 0. The quantitative estimate of drug-likeness (QED) is 0.604. The zero-order valence-electron chi connectivity index (χ0n) is 10.3. The molecule has 0 saturated heterocycles. The normalized spacial score (nSPS) is 10.3. The van der Waals surface area contributed by atoms with Crippen molar-refractivity contribution in [3.63, 3.8) is 0 Å². The average molecular weight is 202 g/mol. The third-order valence-electron chi connectivity index (χ3n) is 2.82. The van der Waals surface area contributed by atoms with Gasteiger partial charge in [-0.15, -0.1) is 0 Å². The van der Waals surface area contributed by atoms with E-state index in [-0.39, 0.29) is 0 Å². The highest BCUT2D eigenvalue weighted by atomic mass is 14.1. The molecule has 0 radical (unpaired) electrons. The van der Waals surface area contributed by atoms with Crippen LogP contribution < -0.4 is 0 Å². The minimum absolute atomic E-state index is 1.16. The van der Waals surface area contributed by atoms with Gasteiger partial charge in [0.15, 0.2) is 0 Å². The number of allylic oxidation sites excluding steroid dienone is 1. The summed E-state index contributed by atoms with van der Waals surface area (Å²) in [5.41, 5.74) is 5.28. The maximum absolute atomic E-state index is 3.99. The van der Waals surface area contributed by atoms with Gasteiger partial charge in [-0.05, 0) is 43.4 Å². The molecule has 0 saturated carbocycles. The monoisotopic (exact) mass is 202 g/mol. The lowest BCUT2D eigenvalue weighted by molar-refractivity contribution is 0.717. The Morgan fingerprint density at radius 2 is 2.00 bits per heavy atom. The first-order chi connectivity index (χ1) is 7.15. The first-order valence-corrected chi connectivity index (χ1v) is 5.90. The Bertz CT molecular complexity index is 334. The fraction of sp³-hybridized carbons (Fsp3) is 0.467. The number of benzene rings is 1. The third-order valence-corrected chi connectivity index (χ3v) is 2.82. The molecule has 0 heterocycles. The van der Waals surface area contributed by atoms with Crippen molar-refractivity contribution < 1.29 is 0 Å². The van der Waals surface area contributed by atoms with Gasteiger partial charge in [0.1, 0.15) is 0 Å². The molecular formula is C15H22. The summed E-state index contributed by atoms with van der Waals surface area (Å²) in [6.45, 7) is 10.5. The van der Waals surface area contributed by atoms with Gasteiger partial charge >= 0.3 is 0 Å². The Morgan fingerprint density at radius 1 is 1.27 bits per heavy atom. The molecule has 0 nitrogen and oxygen atoms in total. The fourth-order valence-electron chi connectivity index (χ4n) is 1.94. The van der Waals surface area contributed by atoms with Gasteiger partial charge in [0.25, 0.3) is 0 Å². The second-order valence-electron chi connectivity index (χ2n) is 4.39. The van der Waals surface area contributed by atoms with Gasteiger partial charge < -0.3 is 0 Å². The molecule has 1 rings (SSSR count).